The Balaban J connectivity index is 2.99. The molecule has 0 aliphatic heterocycles. The molecule has 1 aromatic rings. The van der Waals surface area contributed by atoms with Crippen LogP contribution in [0.2, 0.25) is 5.02 Å². The Hall–Kier alpha value is -0.680. The second-order valence-corrected chi connectivity index (χ2v) is 4.05. The van der Waals surface area contributed by atoms with Gasteiger partial charge in [0, 0.05) is 17.2 Å². The summed E-state index contributed by atoms with van der Waals surface area (Å²) in [6, 6.07) is 2.49. The van der Waals surface area contributed by atoms with Crippen LogP contribution in [0.1, 0.15) is 23.7 Å². The molecule has 16 heavy (non-hydrogen) atoms. The number of benzene rings is 1. The molecule has 0 spiro atoms. The van der Waals surface area contributed by atoms with Crippen LogP contribution < -0.4 is 0 Å². The van der Waals surface area contributed by atoms with Crippen LogP contribution in [-0.4, -0.2) is 28.0 Å². The zero-order valence-electron chi connectivity index (χ0n) is 8.82. The normalized spacial score (nSPS) is 14.9. The molecular formula is C11H14ClFO3. The van der Waals surface area contributed by atoms with E-state index < -0.39 is 18.0 Å². The van der Waals surface area contributed by atoms with Crippen LogP contribution >= 0.6 is 11.6 Å². The van der Waals surface area contributed by atoms with E-state index in [0.29, 0.717) is 5.56 Å². The van der Waals surface area contributed by atoms with Crippen molar-refractivity contribution < 1.29 is 19.7 Å². The highest BCUT2D eigenvalue weighted by Gasteiger charge is 2.21. The van der Waals surface area contributed by atoms with Gasteiger partial charge in [0.1, 0.15) is 11.9 Å². The Kier molecular flexibility index (Phi) is 4.68. The number of aryl methyl sites for hydroxylation is 1. The van der Waals surface area contributed by atoms with Crippen LogP contribution in [0.5, 0.6) is 0 Å². The number of rotatable bonds is 4. The van der Waals surface area contributed by atoms with Gasteiger partial charge in [0.25, 0.3) is 0 Å². The van der Waals surface area contributed by atoms with Crippen LogP contribution in [0.25, 0.3) is 0 Å². The third kappa shape index (κ3) is 2.92. The van der Waals surface area contributed by atoms with Crippen molar-refractivity contribution in [1.82, 2.24) is 0 Å². The van der Waals surface area contributed by atoms with Crippen molar-refractivity contribution in [2.75, 3.05) is 6.61 Å². The van der Waals surface area contributed by atoms with Gasteiger partial charge in [0.2, 0.25) is 0 Å². The predicted octanol–water partition coefficient (Wildman–Crippen LogP) is 1.56. The Morgan fingerprint density at radius 3 is 2.56 bits per heavy atom. The highest BCUT2D eigenvalue weighted by molar-refractivity contribution is 6.31. The SMILES string of the molecule is Cc1cc(Cl)c(C(O)C(O)CCO)cc1F. The van der Waals surface area contributed by atoms with Gasteiger partial charge in [-0.2, -0.15) is 0 Å². The summed E-state index contributed by atoms with van der Waals surface area (Å²) < 4.78 is 13.3. The van der Waals surface area contributed by atoms with Crippen molar-refractivity contribution in [1.29, 1.82) is 0 Å². The highest BCUT2D eigenvalue weighted by atomic mass is 35.5. The van der Waals surface area contributed by atoms with E-state index in [2.05, 4.69) is 0 Å². The van der Waals surface area contributed by atoms with Crippen molar-refractivity contribution in [3.05, 3.63) is 34.1 Å². The molecule has 0 aliphatic rings. The van der Waals surface area contributed by atoms with E-state index in [1.807, 2.05) is 0 Å². The van der Waals surface area contributed by atoms with E-state index in [1.54, 1.807) is 6.92 Å². The molecule has 5 heteroatoms. The summed E-state index contributed by atoms with van der Waals surface area (Å²) >= 11 is 5.84. The van der Waals surface area contributed by atoms with E-state index in [1.165, 1.54) is 6.07 Å². The summed E-state index contributed by atoms with van der Waals surface area (Å²) in [6.45, 7) is 1.30. The lowest BCUT2D eigenvalue weighted by Gasteiger charge is -2.18. The summed E-state index contributed by atoms with van der Waals surface area (Å²) in [7, 11) is 0. The molecule has 2 unspecified atom stereocenters. The molecule has 2 atom stereocenters. The molecule has 0 radical (unpaired) electrons. The number of hydrogen-bond acceptors (Lipinski definition) is 3. The minimum atomic E-state index is -1.30. The van der Waals surface area contributed by atoms with Crippen LogP contribution in [-0.2, 0) is 0 Å². The van der Waals surface area contributed by atoms with Gasteiger partial charge < -0.3 is 15.3 Å². The predicted molar refractivity (Wildman–Crippen MR) is 58.8 cm³/mol. The molecule has 3 nitrogen and oxygen atoms in total. The third-order valence-electron chi connectivity index (χ3n) is 2.39. The first-order valence-electron chi connectivity index (χ1n) is 4.90. The molecule has 0 bridgehead atoms. The van der Waals surface area contributed by atoms with Crippen molar-refractivity contribution in [2.24, 2.45) is 0 Å². The van der Waals surface area contributed by atoms with Gasteiger partial charge in [0.15, 0.2) is 0 Å². The number of aliphatic hydroxyl groups is 3. The van der Waals surface area contributed by atoms with E-state index in [0.717, 1.165) is 6.07 Å². The first-order chi connectivity index (χ1) is 7.47. The maximum Gasteiger partial charge on any atom is 0.126 e. The highest BCUT2D eigenvalue weighted by Crippen LogP contribution is 2.28. The molecule has 0 saturated heterocycles. The van der Waals surface area contributed by atoms with Gasteiger partial charge in [-0.05, 0) is 31.0 Å². The van der Waals surface area contributed by atoms with E-state index in [9.17, 15) is 14.6 Å². The Morgan fingerprint density at radius 1 is 1.38 bits per heavy atom. The minimum absolute atomic E-state index is 0.00694. The smallest absolute Gasteiger partial charge is 0.126 e. The molecule has 0 aliphatic carbocycles. The lowest BCUT2D eigenvalue weighted by Crippen LogP contribution is -2.20. The maximum atomic E-state index is 13.3. The van der Waals surface area contributed by atoms with E-state index >= 15 is 0 Å². The average Bonchev–Trinajstić information content (AvgIpc) is 2.23. The molecule has 90 valence electrons. The fraction of sp³-hybridized carbons (Fsp3) is 0.455. The lowest BCUT2D eigenvalue weighted by molar-refractivity contribution is 0.00412. The van der Waals surface area contributed by atoms with Gasteiger partial charge in [-0.15, -0.1) is 0 Å². The Labute approximate surface area is 98.1 Å². The van der Waals surface area contributed by atoms with Crippen molar-refractivity contribution >= 4 is 11.6 Å². The molecule has 0 amide bonds. The van der Waals surface area contributed by atoms with E-state index in [4.69, 9.17) is 16.7 Å². The summed E-state index contributed by atoms with van der Waals surface area (Å²) in [5.41, 5.74) is 0.503. The van der Waals surface area contributed by atoms with Crippen molar-refractivity contribution in [3.8, 4) is 0 Å². The number of hydrogen-bond donors (Lipinski definition) is 3. The molecule has 1 aromatic carbocycles. The van der Waals surface area contributed by atoms with Crippen molar-refractivity contribution in [2.45, 2.75) is 25.6 Å². The van der Waals surface area contributed by atoms with Gasteiger partial charge in [-0.25, -0.2) is 4.39 Å². The average molecular weight is 249 g/mol. The quantitative estimate of drug-likeness (QED) is 0.758. The second kappa shape index (κ2) is 5.59. The molecule has 0 saturated carbocycles. The third-order valence-corrected chi connectivity index (χ3v) is 2.71. The van der Waals surface area contributed by atoms with Gasteiger partial charge in [0.05, 0.1) is 6.10 Å². The maximum absolute atomic E-state index is 13.3. The van der Waals surface area contributed by atoms with Crippen LogP contribution in [0.4, 0.5) is 4.39 Å². The first-order valence-corrected chi connectivity index (χ1v) is 5.27. The zero-order valence-corrected chi connectivity index (χ0v) is 9.58. The number of aliphatic hydroxyl groups excluding tert-OH is 3. The monoisotopic (exact) mass is 248 g/mol. The van der Waals surface area contributed by atoms with E-state index in [-0.39, 0.29) is 23.6 Å². The molecule has 0 aromatic heterocycles. The van der Waals surface area contributed by atoms with Crippen molar-refractivity contribution in [3.63, 3.8) is 0 Å². The zero-order chi connectivity index (χ0) is 12.3. The summed E-state index contributed by atoms with van der Waals surface area (Å²) in [6.07, 6.45) is -2.45. The van der Waals surface area contributed by atoms with Crippen LogP contribution in [0, 0.1) is 12.7 Å². The van der Waals surface area contributed by atoms with Gasteiger partial charge in [-0.1, -0.05) is 11.6 Å². The Bertz CT molecular complexity index is 370. The number of halogens is 2. The summed E-state index contributed by atoms with van der Waals surface area (Å²) in [5.74, 6) is -0.491. The molecule has 0 heterocycles. The lowest BCUT2D eigenvalue weighted by atomic mass is 10.0. The molecule has 3 N–H and O–H groups in total. The Morgan fingerprint density at radius 2 is 2.00 bits per heavy atom. The molecule has 0 fully saturated rings. The topological polar surface area (TPSA) is 60.7 Å². The van der Waals surface area contributed by atoms with Crippen LogP contribution in [0.3, 0.4) is 0 Å². The first kappa shape index (κ1) is 13.4. The standard InChI is InChI=1S/C11H14ClFO3/c1-6-4-8(12)7(5-9(6)13)11(16)10(15)2-3-14/h4-5,10-11,14-16H,2-3H2,1H3. The fourth-order valence-corrected chi connectivity index (χ4v) is 1.72. The second-order valence-electron chi connectivity index (χ2n) is 3.65. The van der Waals surface area contributed by atoms with Crippen LogP contribution in [0.15, 0.2) is 12.1 Å². The molecular weight excluding hydrogens is 235 g/mol. The molecule has 1 rings (SSSR count). The van der Waals surface area contributed by atoms with Gasteiger partial charge in [-0.3, -0.25) is 0 Å². The summed E-state index contributed by atoms with van der Waals surface area (Å²) in [4.78, 5) is 0. The summed E-state index contributed by atoms with van der Waals surface area (Å²) in [5, 5.41) is 28.0. The van der Waals surface area contributed by atoms with Gasteiger partial charge >= 0.3 is 0 Å². The largest absolute Gasteiger partial charge is 0.396 e. The fourth-order valence-electron chi connectivity index (χ4n) is 1.39. The minimum Gasteiger partial charge on any atom is -0.396 e.